The Balaban J connectivity index is 1.84. The minimum absolute atomic E-state index is 0.235. The number of ether oxygens (including phenoxy) is 2. The number of nitrogens with one attached hydrogen (secondary N) is 1. The minimum atomic E-state index is -0.235. The second kappa shape index (κ2) is 9.49. The van der Waals surface area contributed by atoms with Crippen molar-refractivity contribution in [2.75, 3.05) is 19.8 Å². The molecular formula is C19H24ClNO4. The lowest BCUT2D eigenvalue weighted by Crippen LogP contribution is -2.24. The normalized spacial score (nSPS) is 10.7. The van der Waals surface area contributed by atoms with Crippen LogP contribution in [0.15, 0.2) is 28.7 Å². The zero-order valence-electron chi connectivity index (χ0n) is 14.9. The number of amides is 1. The molecule has 2 aromatic rings. The molecule has 1 amide bonds. The molecule has 136 valence electrons. The lowest BCUT2D eigenvalue weighted by atomic mass is 10.1. The summed E-state index contributed by atoms with van der Waals surface area (Å²) < 4.78 is 16.5. The molecular weight excluding hydrogens is 342 g/mol. The fraction of sp³-hybridized carbons (Fsp3) is 0.421. The predicted molar refractivity (Wildman–Crippen MR) is 97.4 cm³/mol. The van der Waals surface area contributed by atoms with Gasteiger partial charge in [-0.3, -0.25) is 4.79 Å². The van der Waals surface area contributed by atoms with E-state index >= 15 is 0 Å². The third-order valence-corrected chi connectivity index (χ3v) is 4.23. The molecule has 1 aromatic heterocycles. The van der Waals surface area contributed by atoms with Crippen molar-refractivity contribution < 1.29 is 18.7 Å². The Morgan fingerprint density at radius 2 is 1.96 bits per heavy atom. The van der Waals surface area contributed by atoms with Gasteiger partial charge >= 0.3 is 0 Å². The highest BCUT2D eigenvalue weighted by molar-refractivity contribution is 6.32. The molecule has 0 atom stereocenters. The van der Waals surface area contributed by atoms with Crippen molar-refractivity contribution >= 4 is 17.5 Å². The molecule has 0 saturated carbocycles. The van der Waals surface area contributed by atoms with Gasteiger partial charge in [-0.25, -0.2) is 0 Å². The lowest BCUT2D eigenvalue weighted by molar-refractivity contribution is 0.0913. The molecule has 5 nitrogen and oxygen atoms in total. The molecule has 0 spiro atoms. The molecule has 6 heteroatoms. The number of hydrogen-bond acceptors (Lipinski definition) is 4. The zero-order valence-corrected chi connectivity index (χ0v) is 15.6. The van der Waals surface area contributed by atoms with Crippen LogP contribution in [-0.4, -0.2) is 25.7 Å². The van der Waals surface area contributed by atoms with Crippen molar-refractivity contribution in [3.05, 3.63) is 51.9 Å². The molecule has 1 N–H and O–H groups in total. The van der Waals surface area contributed by atoms with E-state index < -0.39 is 0 Å². The van der Waals surface area contributed by atoms with E-state index in [-0.39, 0.29) is 18.3 Å². The van der Waals surface area contributed by atoms with Crippen LogP contribution in [0.25, 0.3) is 0 Å². The molecule has 0 aliphatic heterocycles. The summed E-state index contributed by atoms with van der Waals surface area (Å²) in [5.41, 5.74) is 1.92. The quantitative estimate of drug-likeness (QED) is 0.673. The second-order valence-corrected chi connectivity index (χ2v) is 6.11. The highest BCUT2D eigenvalue weighted by Crippen LogP contribution is 2.26. The molecule has 0 saturated heterocycles. The first-order valence-electron chi connectivity index (χ1n) is 8.35. The second-order valence-electron chi connectivity index (χ2n) is 5.73. The fourth-order valence-electron chi connectivity index (χ4n) is 2.33. The number of halogens is 1. The first-order chi connectivity index (χ1) is 12.0. The van der Waals surface area contributed by atoms with Gasteiger partial charge in [-0.15, -0.1) is 0 Å². The lowest BCUT2D eigenvalue weighted by Gasteiger charge is -2.09. The van der Waals surface area contributed by atoms with E-state index in [1.165, 1.54) is 0 Å². The number of rotatable bonds is 9. The summed E-state index contributed by atoms with van der Waals surface area (Å²) in [7, 11) is 0. The minimum Gasteiger partial charge on any atom is -0.486 e. The number of carbonyl (C=O) groups excluding carboxylic acids is 1. The summed E-state index contributed by atoms with van der Waals surface area (Å²) >= 11 is 6.15. The van der Waals surface area contributed by atoms with Gasteiger partial charge in [0.2, 0.25) is 0 Å². The molecule has 0 aliphatic carbocycles. The van der Waals surface area contributed by atoms with Crippen molar-refractivity contribution in [1.82, 2.24) is 5.32 Å². The van der Waals surface area contributed by atoms with Crippen molar-refractivity contribution in [3.8, 4) is 5.75 Å². The molecule has 2 rings (SSSR count). The van der Waals surface area contributed by atoms with Crippen LogP contribution in [0.1, 0.15) is 40.8 Å². The topological polar surface area (TPSA) is 60.7 Å². The van der Waals surface area contributed by atoms with E-state index in [1.807, 2.05) is 32.9 Å². The molecule has 0 fully saturated rings. The molecule has 0 radical (unpaired) electrons. The number of benzene rings is 1. The van der Waals surface area contributed by atoms with E-state index in [9.17, 15) is 4.79 Å². The summed E-state index contributed by atoms with van der Waals surface area (Å²) in [6, 6.07) is 7.15. The van der Waals surface area contributed by atoms with E-state index in [0.717, 1.165) is 28.3 Å². The van der Waals surface area contributed by atoms with Crippen molar-refractivity contribution in [2.45, 2.75) is 33.8 Å². The third kappa shape index (κ3) is 5.80. The van der Waals surface area contributed by atoms with Crippen molar-refractivity contribution in [3.63, 3.8) is 0 Å². The molecule has 0 aliphatic rings. The van der Waals surface area contributed by atoms with Crippen LogP contribution in [0.4, 0.5) is 0 Å². The highest BCUT2D eigenvalue weighted by Gasteiger charge is 2.11. The van der Waals surface area contributed by atoms with Crippen LogP contribution >= 0.6 is 11.6 Å². The maximum Gasteiger partial charge on any atom is 0.286 e. The van der Waals surface area contributed by atoms with Gasteiger partial charge in [-0.05, 0) is 62.6 Å². The Hall–Kier alpha value is -1.98. The smallest absolute Gasteiger partial charge is 0.286 e. The van der Waals surface area contributed by atoms with Gasteiger partial charge in [0.15, 0.2) is 5.76 Å². The Kier molecular flexibility index (Phi) is 7.34. The van der Waals surface area contributed by atoms with Gasteiger partial charge in [0.25, 0.3) is 5.91 Å². The van der Waals surface area contributed by atoms with Gasteiger partial charge in [-0.2, -0.15) is 0 Å². The average molecular weight is 366 g/mol. The highest BCUT2D eigenvalue weighted by atomic mass is 35.5. The SMILES string of the molecule is CCOCCCNC(=O)c1ccc(COc2cc(C)c(Cl)c(C)c2)o1. The predicted octanol–water partition coefficient (Wildman–Crippen LogP) is 4.29. The molecule has 1 heterocycles. The average Bonchev–Trinajstić information content (AvgIpc) is 3.06. The maximum absolute atomic E-state index is 12.0. The van der Waals surface area contributed by atoms with E-state index in [4.69, 9.17) is 25.5 Å². The van der Waals surface area contributed by atoms with Crippen LogP contribution < -0.4 is 10.1 Å². The zero-order chi connectivity index (χ0) is 18.2. The first-order valence-corrected chi connectivity index (χ1v) is 8.73. The standard InChI is InChI=1S/C19H24ClNO4/c1-4-23-9-5-8-21-19(22)17-7-6-15(25-17)12-24-16-10-13(2)18(20)14(3)11-16/h6-7,10-11H,4-5,8-9,12H2,1-3H3,(H,21,22). The van der Waals surface area contributed by atoms with E-state index in [1.54, 1.807) is 12.1 Å². The molecule has 0 bridgehead atoms. The van der Waals surface area contributed by atoms with Crippen LogP contribution in [0, 0.1) is 13.8 Å². The summed E-state index contributed by atoms with van der Waals surface area (Å²) in [4.78, 5) is 12.0. The summed E-state index contributed by atoms with van der Waals surface area (Å²) in [6.07, 6.45) is 0.769. The van der Waals surface area contributed by atoms with Crippen molar-refractivity contribution in [2.24, 2.45) is 0 Å². The fourth-order valence-corrected chi connectivity index (χ4v) is 2.44. The van der Waals surface area contributed by atoms with Crippen LogP contribution in [0.5, 0.6) is 5.75 Å². The number of hydrogen-bond donors (Lipinski definition) is 1. The Labute approximate surface area is 153 Å². The van der Waals surface area contributed by atoms with Gasteiger partial charge in [0, 0.05) is 24.8 Å². The largest absolute Gasteiger partial charge is 0.486 e. The van der Waals surface area contributed by atoms with Crippen LogP contribution in [0.3, 0.4) is 0 Å². The number of aryl methyl sites for hydroxylation is 2. The Morgan fingerprint density at radius 3 is 2.64 bits per heavy atom. The van der Waals surface area contributed by atoms with E-state index in [0.29, 0.717) is 25.5 Å². The van der Waals surface area contributed by atoms with E-state index in [2.05, 4.69) is 5.32 Å². The van der Waals surface area contributed by atoms with Crippen molar-refractivity contribution in [1.29, 1.82) is 0 Å². The Morgan fingerprint density at radius 1 is 1.24 bits per heavy atom. The molecule has 0 unspecified atom stereocenters. The van der Waals surface area contributed by atoms with Gasteiger partial charge in [0.05, 0.1) is 0 Å². The maximum atomic E-state index is 12.0. The van der Waals surface area contributed by atoms with Gasteiger partial charge in [-0.1, -0.05) is 11.6 Å². The summed E-state index contributed by atoms with van der Waals surface area (Å²) in [5.74, 6) is 1.35. The summed E-state index contributed by atoms with van der Waals surface area (Å²) in [5, 5.41) is 3.54. The first kappa shape index (κ1) is 19.3. The Bertz CT molecular complexity index is 688. The monoisotopic (exact) mass is 365 g/mol. The van der Waals surface area contributed by atoms with Gasteiger partial charge < -0.3 is 19.2 Å². The third-order valence-electron chi connectivity index (χ3n) is 3.63. The molecule has 25 heavy (non-hydrogen) atoms. The summed E-state index contributed by atoms with van der Waals surface area (Å²) in [6.45, 7) is 7.92. The van der Waals surface area contributed by atoms with Crippen LogP contribution in [-0.2, 0) is 11.3 Å². The number of carbonyl (C=O) groups is 1. The number of furan rings is 1. The molecule has 1 aromatic carbocycles. The van der Waals surface area contributed by atoms with Gasteiger partial charge in [0.1, 0.15) is 18.1 Å². The van der Waals surface area contributed by atoms with Crippen LogP contribution in [0.2, 0.25) is 5.02 Å².